The van der Waals surface area contributed by atoms with Gasteiger partial charge in [0.25, 0.3) is 5.91 Å². The number of nitrogens with two attached hydrogens (primary N) is 1. The van der Waals surface area contributed by atoms with Crippen LogP contribution in [0.5, 0.6) is 0 Å². The number of pyridine rings is 1. The third kappa shape index (κ3) is 7.76. The zero-order valence-electron chi connectivity index (χ0n) is 19.7. The first-order valence-corrected chi connectivity index (χ1v) is 11.5. The number of nitrogens with zero attached hydrogens (tertiary/aromatic N) is 3. The number of benzene rings is 1. The quantitative estimate of drug-likeness (QED) is 0.451. The molecule has 0 bridgehead atoms. The SMILES string of the molecule is C=C(NC(C)C)N(CCCN1CCOCC1)Cc1ccc(C(=O)Nc2ccccc2N)nc1. The molecule has 0 atom stereocenters. The van der Waals surface area contributed by atoms with Crippen molar-refractivity contribution in [2.75, 3.05) is 50.4 Å². The molecule has 1 aliphatic rings. The largest absolute Gasteiger partial charge is 0.397 e. The molecule has 1 fully saturated rings. The first-order valence-electron chi connectivity index (χ1n) is 11.5. The standard InChI is InChI=1S/C25H36N6O2/c1-19(2)28-20(3)31(12-6-11-30-13-15-33-16-14-30)18-21-9-10-24(27-17-21)25(32)29-23-8-5-4-7-22(23)26/h4-5,7-10,17,19,28H,3,6,11-16,18,26H2,1-2H3,(H,29,32). The predicted molar refractivity (Wildman–Crippen MR) is 133 cm³/mol. The lowest BCUT2D eigenvalue weighted by Crippen LogP contribution is -2.39. The molecule has 1 aliphatic heterocycles. The van der Waals surface area contributed by atoms with Crippen LogP contribution in [0, 0.1) is 0 Å². The highest BCUT2D eigenvalue weighted by Crippen LogP contribution is 2.18. The fraction of sp³-hybridized carbons (Fsp3) is 0.440. The van der Waals surface area contributed by atoms with Crippen LogP contribution in [0.1, 0.15) is 36.3 Å². The van der Waals surface area contributed by atoms with Crippen LogP contribution in [0.2, 0.25) is 0 Å². The highest BCUT2D eigenvalue weighted by Gasteiger charge is 2.14. The number of amides is 1. The molecular formula is C25H36N6O2. The second-order valence-electron chi connectivity index (χ2n) is 8.57. The van der Waals surface area contributed by atoms with E-state index in [0.717, 1.165) is 57.2 Å². The minimum absolute atomic E-state index is 0.285. The van der Waals surface area contributed by atoms with Crippen molar-refractivity contribution in [2.24, 2.45) is 0 Å². The van der Waals surface area contributed by atoms with Crippen LogP contribution in [0.3, 0.4) is 0 Å². The summed E-state index contributed by atoms with van der Waals surface area (Å²) in [7, 11) is 0. The molecule has 0 saturated carbocycles. The molecule has 8 heteroatoms. The van der Waals surface area contributed by atoms with E-state index in [1.807, 2.05) is 18.2 Å². The van der Waals surface area contributed by atoms with Gasteiger partial charge in [-0.25, -0.2) is 0 Å². The monoisotopic (exact) mass is 452 g/mol. The number of anilines is 2. The van der Waals surface area contributed by atoms with Gasteiger partial charge in [0.05, 0.1) is 30.4 Å². The predicted octanol–water partition coefficient (Wildman–Crippen LogP) is 2.91. The van der Waals surface area contributed by atoms with Crippen molar-refractivity contribution in [1.29, 1.82) is 0 Å². The first-order chi connectivity index (χ1) is 15.9. The first kappa shape index (κ1) is 24.5. The Labute approximate surface area is 196 Å². The Morgan fingerprint density at radius 1 is 1.24 bits per heavy atom. The zero-order valence-corrected chi connectivity index (χ0v) is 19.7. The van der Waals surface area contributed by atoms with Crippen molar-refractivity contribution in [3.63, 3.8) is 0 Å². The molecule has 2 heterocycles. The number of aromatic nitrogens is 1. The van der Waals surface area contributed by atoms with Crippen LogP contribution in [0.4, 0.5) is 11.4 Å². The second kappa shape index (κ2) is 12.2. The van der Waals surface area contributed by atoms with Crippen molar-refractivity contribution >= 4 is 17.3 Å². The molecule has 0 unspecified atom stereocenters. The van der Waals surface area contributed by atoms with E-state index < -0.39 is 0 Å². The molecule has 2 aromatic rings. The number of nitrogens with one attached hydrogen (secondary N) is 2. The summed E-state index contributed by atoms with van der Waals surface area (Å²) in [6.45, 7) is 14.6. The third-order valence-electron chi connectivity index (χ3n) is 5.48. The molecule has 0 spiro atoms. The highest BCUT2D eigenvalue weighted by atomic mass is 16.5. The summed E-state index contributed by atoms with van der Waals surface area (Å²) in [5.74, 6) is 0.612. The van der Waals surface area contributed by atoms with E-state index in [0.29, 0.717) is 29.7 Å². The lowest BCUT2D eigenvalue weighted by atomic mass is 10.2. The normalized spacial score (nSPS) is 14.2. The number of para-hydroxylation sites is 2. The Hall–Kier alpha value is -3.10. The molecule has 1 saturated heterocycles. The topological polar surface area (TPSA) is 95.8 Å². The fourth-order valence-electron chi connectivity index (χ4n) is 3.71. The molecule has 3 rings (SSSR count). The van der Waals surface area contributed by atoms with Gasteiger partial charge in [0, 0.05) is 45.0 Å². The summed E-state index contributed by atoms with van der Waals surface area (Å²) in [5.41, 5.74) is 8.38. The van der Waals surface area contributed by atoms with E-state index >= 15 is 0 Å². The molecule has 0 radical (unpaired) electrons. The zero-order chi connectivity index (χ0) is 23.6. The Morgan fingerprint density at radius 3 is 2.67 bits per heavy atom. The van der Waals surface area contributed by atoms with E-state index in [-0.39, 0.29) is 5.91 Å². The number of morpholine rings is 1. The summed E-state index contributed by atoms with van der Waals surface area (Å²) in [6.07, 6.45) is 2.78. The van der Waals surface area contributed by atoms with Crippen LogP contribution in [0.15, 0.2) is 55.0 Å². The van der Waals surface area contributed by atoms with Gasteiger partial charge in [-0.3, -0.25) is 14.7 Å². The highest BCUT2D eigenvalue weighted by molar-refractivity contribution is 6.04. The third-order valence-corrected chi connectivity index (χ3v) is 5.48. The van der Waals surface area contributed by atoms with Gasteiger partial charge in [-0.2, -0.15) is 0 Å². The van der Waals surface area contributed by atoms with E-state index in [2.05, 4.69) is 45.8 Å². The lowest BCUT2D eigenvalue weighted by Gasteiger charge is -2.31. The van der Waals surface area contributed by atoms with E-state index in [9.17, 15) is 4.79 Å². The Balaban J connectivity index is 1.59. The lowest BCUT2D eigenvalue weighted by molar-refractivity contribution is 0.0363. The molecule has 4 N–H and O–H groups in total. The Bertz CT molecular complexity index is 909. The van der Waals surface area contributed by atoms with Gasteiger partial charge < -0.3 is 26.0 Å². The minimum Gasteiger partial charge on any atom is -0.397 e. The molecule has 33 heavy (non-hydrogen) atoms. The summed E-state index contributed by atoms with van der Waals surface area (Å²) < 4.78 is 5.44. The molecule has 8 nitrogen and oxygen atoms in total. The Kier molecular flexibility index (Phi) is 9.09. The maximum Gasteiger partial charge on any atom is 0.274 e. The van der Waals surface area contributed by atoms with Crippen LogP contribution < -0.4 is 16.4 Å². The van der Waals surface area contributed by atoms with Gasteiger partial charge in [0.2, 0.25) is 0 Å². The minimum atomic E-state index is -0.285. The Morgan fingerprint density at radius 2 is 2.00 bits per heavy atom. The summed E-state index contributed by atoms with van der Waals surface area (Å²) in [6, 6.07) is 11.2. The number of carbonyl (C=O) groups excluding carboxylic acids is 1. The van der Waals surface area contributed by atoms with Crippen LogP contribution in [-0.2, 0) is 11.3 Å². The van der Waals surface area contributed by atoms with Gasteiger partial charge in [0.1, 0.15) is 5.69 Å². The maximum absolute atomic E-state index is 12.5. The molecule has 1 amide bonds. The molecule has 0 aliphatic carbocycles. The molecule has 1 aromatic heterocycles. The van der Waals surface area contributed by atoms with Gasteiger partial charge in [-0.1, -0.05) is 24.8 Å². The number of nitrogen functional groups attached to an aromatic ring is 1. The molecule has 178 valence electrons. The number of ether oxygens (including phenoxy) is 1. The van der Waals surface area contributed by atoms with Crippen molar-refractivity contribution < 1.29 is 9.53 Å². The molecular weight excluding hydrogens is 416 g/mol. The van der Waals surface area contributed by atoms with Gasteiger partial charge in [0.15, 0.2) is 0 Å². The smallest absolute Gasteiger partial charge is 0.274 e. The van der Waals surface area contributed by atoms with Crippen molar-refractivity contribution in [1.82, 2.24) is 20.1 Å². The van der Waals surface area contributed by atoms with E-state index in [1.165, 1.54) is 0 Å². The number of hydrogen-bond acceptors (Lipinski definition) is 7. The maximum atomic E-state index is 12.5. The fourth-order valence-corrected chi connectivity index (χ4v) is 3.71. The summed E-state index contributed by atoms with van der Waals surface area (Å²) in [4.78, 5) is 21.6. The van der Waals surface area contributed by atoms with Crippen LogP contribution in [-0.4, -0.2) is 66.1 Å². The number of hydrogen-bond donors (Lipinski definition) is 3. The van der Waals surface area contributed by atoms with Crippen molar-refractivity contribution in [2.45, 2.75) is 32.9 Å². The van der Waals surface area contributed by atoms with E-state index in [1.54, 1.807) is 24.4 Å². The average Bonchev–Trinajstić information content (AvgIpc) is 2.80. The number of carbonyl (C=O) groups is 1. The van der Waals surface area contributed by atoms with Crippen LogP contribution in [0.25, 0.3) is 0 Å². The van der Waals surface area contributed by atoms with Gasteiger partial charge >= 0.3 is 0 Å². The summed E-state index contributed by atoms with van der Waals surface area (Å²) >= 11 is 0. The number of rotatable bonds is 11. The van der Waals surface area contributed by atoms with Crippen LogP contribution >= 0.6 is 0 Å². The second-order valence-corrected chi connectivity index (χ2v) is 8.57. The average molecular weight is 453 g/mol. The van der Waals surface area contributed by atoms with Gasteiger partial charge in [-0.15, -0.1) is 0 Å². The van der Waals surface area contributed by atoms with E-state index in [4.69, 9.17) is 10.5 Å². The summed E-state index contributed by atoms with van der Waals surface area (Å²) in [5, 5.41) is 6.23. The van der Waals surface area contributed by atoms with Gasteiger partial charge in [-0.05, 0) is 44.0 Å². The molecule has 1 aromatic carbocycles. The van der Waals surface area contributed by atoms with Crippen molar-refractivity contribution in [3.05, 3.63) is 66.3 Å². The van der Waals surface area contributed by atoms with Crippen molar-refractivity contribution in [3.8, 4) is 0 Å².